The standard InChI is InChI=1S/C24H20N2O2/c27-24(23-14-5-4-13-22(23)19-9-2-1-3-10-19)26(18-21-12-8-16-28-21)17-20-11-6-7-15-25-20/h1-16H,17-18H2. The second-order valence-corrected chi connectivity index (χ2v) is 6.47. The molecule has 0 saturated heterocycles. The van der Waals surface area contributed by atoms with Gasteiger partial charge in [-0.1, -0.05) is 54.6 Å². The van der Waals surface area contributed by atoms with Crippen LogP contribution in [0.4, 0.5) is 0 Å². The maximum Gasteiger partial charge on any atom is 0.255 e. The van der Waals surface area contributed by atoms with Gasteiger partial charge < -0.3 is 9.32 Å². The highest BCUT2D eigenvalue weighted by Gasteiger charge is 2.21. The van der Waals surface area contributed by atoms with Crippen LogP contribution in [0.5, 0.6) is 0 Å². The van der Waals surface area contributed by atoms with Crippen molar-refractivity contribution in [2.24, 2.45) is 0 Å². The quantitative estimate of drug-likeness (QED) is 0.471. The largest absolute Gasteiger partial charge is 0.467 e. The van der Waals surface area contributed by atoms with Crippen LogP contribution in [0.3, 0.4) is 0 Å². The minimum atomic E-state index is -0.0542. The van der Waals surface area contributed by atoms with Gasteiger partial charge in [0.25, 0.3) is 5.91 Å². The predicted molar refractivity (Wildman–Crippen MR) is 108 cm³/mol. The molecule has 0 aliphatic heterocycles. The molecule has 0 radical (unpaired) electrons. The van der Waals surface area contributed by atoms with Gasteiger partial charge in [-0.2, -0.15) is 0 Å². The highest BCUT2D eigenvalue weighted by Crippen LogP contribution is 2.25. The van der Waals surface area contributed by atoms with Crippen molar-refractivity contribution in [3.8, 4) is 11.1 Å². The second-order valence-electron chi connectivity index (χ2n) is 6.47. The van der Waals surface area contributed by atoms with Crippen molar-refractivity contribution < 1.29 is 9.21 Å². The van der Waals surface area contributed by atoms with E-state index in [4.69, 9.17) is 4.42 Å². The lowest BCUT2D eigenvalue weighted by Gasteiger charge is -2.23. The molecular formula is C24H20N2O2. The Morgan fingerprint density at radius 2 is 1.61 bits per heavy atom. The Morgan fingerprint density at radius 1 is 0.821 bits per heavy atom. The molecule has 138 valence electrons. The van der Waals surface area contributed by atoms with Crippen LogP contribution in [0.15, 0.2) is 102 Å². The molecule has 0 bridgehead atoms. The van der Waals surface area contributed by atoms with Crippen molar-refractivity contribution >= 4 is 5.91 Å². The zero-order valence-electron chi connectivity index (χ0n) is 15.4. The molecule has 0 saturated carbocycles. The van der Waals surface area contributed by atoms with Crippen LogP contribution in [0.25, 0.3) is 11.1 Å². The molecule has 0 spiro atoms. The van der Waals surface area contributed by atoms with Gasteiger partial charge in [-0.25, -0.2) is 0 Å². The molecule has 2 heterocycles. The van der Waals surface area contributed by atoms with Gasteiger partial charge in [0.15, 0.2) is 0 Å². The van der Waals surface area contributed by atoms with E-state index in [2.05, 4.69) is 4.98 Å². The maximum atomic E-state index is 13.5. The van der Waals surface area contributed by atoms with E-state index in [-0.39, 0.29) is 5.91 Å². The second kappa shape index (κ2) is 8.35. The molecule has 0 N–H and O–H groups in total. The van der Waals surface area contributed by atoms with E-state index in [0.717, 1.165) is 22.6 Å². The number of benzene rings is 2. The highest BCUT2D eigenvalue weighted by molar-refractivity contribution is 6.00. The Morgan fingerprint density at radius 3 is 2.36 bits per heavy atom. The zero-order chi connectivity index (χ0) is 19.2. The number of rotatable bonds is 6. The summed E-state index contributed by atoms with van der Waals surface area (Å²) in [6.07, 6.45) is 3.36. The fourth-order valence-corrected chi connectivity index (χ4v) is 3.19. The van der Waals surface area contributed by atoms with Crippen molar-refractivity contribution in [1.29, 1.82) is 0 Å². The Hall–Kier alpha value is -3.66. The van der Waals surface area contributed by atoms with E-state index in [1.54, 1.807) is 17.4 Å². The van der Waals surface area contributed by atoms with Crippen LogP contribution in [-0.2, 0) is 13.1 Å². The van der Waals surface area contributed by atoms with Crippen LogP contribution in [0, 0.1) is 0 Å². The fourth-order valence-electron chi connectivity index (χ4n) is 3.19. The number of amides is 1. The van der Waals surface area contributed by atoms with E-state index in [1.165, 1.54) is 0 Å². The molecule has 0 fully saturated rings. The average molecular weight is 368 g/mol. The lowest BCUT2D eigenvalue weighted by Crippen LogP contribution is -2.30. The van der Waals surface area contributed by atoms with Gasteiger partial charge in [0.05, 0.1) is 25.0 Å². The number of furan rings is 1. The first-order valence-corrected chi connectivity index (χ1v) is 9.17. The molecule has 0 aliphatic rings. The van der Waals surface area contributed by atoms with Crippen molar-refractivity contribution in [2.45, 2.75) is 13.1 Å². The third kappa shape index (κ3) is 4.01. The van der Waals surface area contributed by atoms with Crippen LogP contribution < -0.4 is 0 Å². The minimum absolute atomic E-state index is 0.0542. The highest BCUT2D eigenvalue weighted by atomic mass is 16.3. The molecule has 4 aromatic rings. The van der Waals surface area contributed by atoms with Gasteiger partial charge in [-0.15, -0.1) is 0 Å². The number of carbonyl (C=O) groups excluding carboxylic acids is 1. The smallest absolute Gasteiger partial charge is 0.255 e. The Labute approximate surface area is 164 Å². The Kier molecular flexibility index (Phi) is 5.29. The Balaban J connectivity index is 1.69. The molecule has 4 heteroatoms. The van der Waals surface area contributed by atoms with Crippen LogP contribution >= 0.6 is 0 Å². The molecule has 0 unspecified atom stereocenters. The lowest BCUT2D eigenvalue weighted by atomic mass is 9.98. The molecule has 2 aromatic heterocycles. The molecule has 1 amide bonds. The van der Waals surface area contributed by atoms with Crippen molar-refractivity contribution in [2.75, 3.05) is 0 Å². The van der Waals surface area contributed by atoms with E-state index in [0.29, 0.717) is 18.7 Å². The van der Waals surface area contributed by atoms with Crippen LogP contribution in [-0.4, -0.2) is 15.8 Å². The first-order chi connectivity index (χ1) is 13.8. The number of aromatic nitrogens is 1. The van der Waals surface area contributed by atoms with Gasteiger partial charge in [0, 0.05) is 11.8 Å². The molecule has 28 heavy (non-hydrogen) atoms. The summed E-state index contributed by atoms with van der Waals surface area (Å²) in [4.78, 5) is 19.7. The molecule has 0 aliphatic carbocycles. The molecule has 4 rings (SSSR count). The lowest BCUT2D eigenvalue weighted by molar-refractivity contribution is 0.0716. The SMILES string of the molecule is O=C(c1ccccc1-c1ccccc1)N(Cc1ccccn1)Cc1ccco1. The summed E-state index contributed by atoms with van der Waals surface area (Å²) >= 11 is 0. The molecule has 2 aromatic carbocycles. The first kappa shape index (κ1) is 17.7. The van der Waals surface area contributed by atoms with Gasteiger partial charge in [0.2, 0.25) is 0 Å². The number of hydrogen-bond donors (Lipinski definition) is 0. The third-order valence-electron chi connectivity index (χ3n) is 4.54. The minimum Gasteiger partial charge on any atom is -0.467 e. The summed E-state index contributed by atoms with van der Waals surface area (Å²) < 4.78 is 5.49. The predicted octanol–water partition coefficient (Wildman–Crippen LogP) is 5.18. The number of pyridine rings is 1. The zero-order valence-corrected chi connectivity index (χ0v) is 15.4. The summed E-state index contributed by atoms with van der Waals surface area (Å²) in [7, 11) is 0. The van der Waals surface area contributed by atoms with E-state index >= 15 is 0 Å². The van der Waals surface area contributed by atoms with Gasteiger partial charge >= 0.3 is 0 Å². The summed E-state index contributed by atoms with van der Waals surface area (Å²) in [5, 5.41) is 0. The number of hydrogen-bond acceptors (Lipinski definition) is 3. The summed E-state index contributed by atoms with van der Waals surface area (Å²) in [5.74, 6) is 0.683. The molecule has 4 nitrogen and oxygen atoms in total. The van der Waals surface area contributed by atoms with Gasteiger partial charge in [0.1, 0.15) is 5.76 Å². The van der Waals surface area contributed by atoms with E-state index in [9.17, 15) is 4.79 Å². The summed E-state index contributed by atoms with van der Waals surface area (Å²) in [6, 6.07) is 27.1. The van der Waals surface area contributed by atoms with Gasteiger partial charge in [-0.05, 0) is 41.5 Å². The average Bonchev–Trinajstić information content (AvgIpc) is 3.27. The van der Waals surface area contributed by atoms with Crippen molar-refractivity contribution in [3.63, 3.8) is 0 Å². The first-order valence-electron chi connectivity index (χ1n) is 9.17. The summed E-state index contributed by atoms with van der Waals surface area (Å²) in [6.45, 7) is 0.787. The van der Waals surface area contributed by atoms with Crippen molar-refractivity contribution in [3.05, 3.63) is 114 Å². The fraction of sp³-hybridized carbons (Fsp3) is 0.0833. The summed E-state index contributed by atoms with van der Waals surface area (Å²) in [5.41, 5.74) is 3.43. The van der Waals surface area contributed by atoms with Gasteiger partial charge in [-0.3, -0.25) is 9.78 Å². The Bertz CT molecular complexity index is 1030. The van der Waals surface area contributed by atoms with Crippen LogP contribution in [0.2, 0.25) is 0 Å². The molecular weight excluding hydrogens is 348 g/mol. The normalized spacial score (nSPS) is 10.6. The third-order valence-corrected chi connectivity index (χ3v) is 4.54. The maximum absolute atomic E-state index is 13.5. The topological polar surface area (TPSA) is 46.3 Å². The number of carbonyl (C=O) groups is 1. The van der Waals surface area contributed by atoms with E-state index in [1.807, 2.05) is 84.9 Å². The van der Waals surface area contributed by atoms with Crippen molar-refractivity contribution in [1.82, 2.24) is 9.88 Å². The molecule has 0 atom stereocenters. The van der Waals surface area contributed by atoms with E-state index < -0.39 is 0 Å². The van der Waals surface area contributed by atoms with Crippen LogP contribution in [0.1, 0.15) is 21.8 Å². The number of nitrogens with zero attached hydrogens (tertiary/aromatic N) is 2. The monoisotopic (exact) mass is 368 g/mol.